The predicted molar refractivity (Wildman–Crippen MR) is 112 cm³/mol. The largest absolute Gasteiger partial charge is 0.340 e. The molecule has 4 aromatic rings. The van der Waals surface area contributed by atoms with Gasteiger partial charge in [0, 0.05) is 31.5 Å². The fourth-order valence-electron chi connectivity index (χ4n) is 3.33. The number of carbonyl (C=O) groups excluding carboxylic acids is 1. The summed E-state index contributed by atoms with van der Waals surface area (Å²) in [5, 5.41) is 4.54. The van der Waals surface area contributed by atoms with Crippen molar-refractivity contribution in [1.29, 1.82) is 0 Å². The summed E-state index contributed by atoms with van der Waals surface area (Å²) < 4.78 is 3.87. The third kappa shape index (κ3) is 3.43. The van der Waals surface area contributed by atoms with Crippen LogP contribution in [0.4, 0.5) is 0 Å². The summed E-state index contributed by atoms with van der Waals surface area (Å²) in [4.78, 5) is 14.3. The Labute approximate surface area is 164 Å². The quantitative estimate of drug-likeness (QED) is 0.494. The van der Waals surface area contributed by atoms with Crippen LogP contribution in [0, 0.1) is 0 Å². The summed E-state index contributed by atoms with van der Waals surface area (Å²) >= 11 is 0. The second-order valence-corrected chi connectivity index (χ2v) is 7.00. The molecule has 0 radical (unpaired) electrons. The number of pyridine rings is 1. The topological polar surface area (TPSA) is 42.5 Å². The van der Waals surface area contributed by atoms with Crippen LogP contribution in [0.2, 0.25) is 0 Å². The molecule has 0 bridgehead atoms. The summed E-state index contributed by atoms with van der Waals surface area (Å²) in [7, 11) is 1.83. The van der Waals surface area contributed by atoms with Gasteiger partial charge in [-0.3, -0.25) is 4.79 Å². The van der Waals surface area contributed by atoms with Crippen LogP contribution in [0.3, 0.4) is 0 Å². The molecule has 0 aliphatic rings. The van der Waals surface area contributed by atoms with Crippen molar-refractivity contribution < 1.29 is 4.79 Å². The van der Waals surface area contributed by atoms with E-state index in [1.54, 1.807) is 15.6 Å². The lowest BCUT2D eigenvalue weighted by Gasteiger charge is -2.14. The highest BCUT2D eigenvalue weighted by molar-refractivity contribution is 5.92. The van der Waals surface area contributed by atoms with Gasteiger partial charge in [-0.15, -0.1) is 0 Å². The van der Waals surface area contributed by atoms with Crippen molar-refractivity contribution >= 4 is 11.4 Å². The fraction of sp³-hybridized carbons (Fsp3) is 0.217. The molecule has 0 spiro atoms. The van der Waals surface area contributed by atoms with Crippen LogP contribution >= 0.6 is 0 Å². The minimum Gasteiger partial charge on any atom is -0.340 e. The molecule has 3 heterocycles. The Hall–Kier alpha value is -3.34. The van der Waals surface area contributed by atoms with E-state index in [1.807, 2.05) is 37.5 Å². The number of benzene rings is 1. The lowest BCUT2D eigenvalue weighted by atomic mass is 10.1. The Kier molecular flexibility index (Phi) is 4.98. The molecule has 0 saturated heterocycles. The van der Waals surface area contributed by atoms with Crippen LogP contribution in [-0.4, -0.2) is 38.6 Å². The van der Waals surface area contributed by atoms with Crippen LogP contribution in [0.25, 0.3) is 22.5 Å². The summed E-state index contributed by atoms with van der Waals surface area (Å²) in [6, 6.07) is 20.4. The summed E-state index contributed by atoms with van der Waals surface area (Å²) in [5.41, 5.74) is 3.84. The molecule has 0 aliphatic heterocycles. The first-order chi connectivity index (χ1) is 13.7. The molecule has 0 saturated carbocycles. The predicted octanol–water partition coefficient (Wildman–Crippen LogP) is 4.66. The van der Waals surface area contributed by atoms with Gasteiger partial charge in [-0.25, -0.2) is 4.68 Å². The van der Waals surface area contributed by atoms with E-state index in [4.69, 9.17) is 0 Å². The van der Waals surface area contributed by atoms with Crippen LogP contribution in [0.1, 0.15) is 30.3 Å². The third-order valence-corrected chi connectivity index (χ3v) is 4.97. The molecule has 0 aliphatic carbocycles. The van der Waals surface area contributed by atoms with Gasteiger partial charge in [0.15, 0.2) is 5.69 Å². The van der Waals surface area contributed by atoms with Gasteiger partial charge in [0.05, 0.1) is 0 Å². The van der Waals surface area contributed by atoms with E-state index >= 15 is 0 Å². The average Bonchev–Trinajstić information content (AvgIpc) is 3.38. The molecule has 28 heavy (non-hydrogen) atoms. The zero-order chi connectivity index (χ0) is 19.5. The summed E-state index contributed by atoms with van der Waals surface area (Å²) in [6.07, 6.45) is 6.01. The molecule has 0 atom stereocenters. The lowest BCUT2D eigenvalue weighted by Crippen LogP contribution is -2.28. The van der Waals surface area contributed by atoms with Gasteiger partial charge in [0.1, 0.15) is 5.82 Å². The Morgan fingerprint density at radius 3 is 2.57 bits per heavy atom. The van der Waals surface area contributed by atoms with Gasteiger partial charge in [0.2, 0.25) is 0 Å². The smallest absolute Gasteiger partial charge is 0.274 e. The van der Waals surface area contributed by atoms with Crippen molar-refractivity contribution in [2.45, 2.75) is 19.8 Å². The monoisotopic (exact) mass is 372 g/mol. The van der Waals surface area contributed by atoms with E-state index in [2.05, 4.69) is 53.0 Å². The highest BCUT2D eigenvalue weighted by Crippen LogP contribution is 2.23. The van der Waals surface area contributed by atoms with Crippen molar-refractivity contribution in [1.82, 2.24) is 19.1 Å². The highest BCUT2D eigenvalue weighted by Gasteiger charge is 2.15. The normalized spacial score (nSPS) is 11.1. The minimum atomic E-state index is -0.0435. The van der Waals surface area contributed by atoms with Crippen molar-refractivity contribution in [2.24, 2.45) is 0 Å². The SMILES string of the molecule is CCCCN(C)C(=O)c1ccn(-c2ccc3ccc(-c4ccccc4)cn23)n1. The van der Waals surface area contributed by atoms with Crippen molar-refractivity contribution in [2.75, 3.05) is 13.6 Å². The van der Waals surface area contributed by atoms with E-state index in [0.717, 1.165) is 41.8 Å². The van der Waals surface area contributed by atoms with E-state index in [0.29, 0.717) is 5.69 Å². The number of unbranched alkanes of at least 4 members (excludes halogenated alkanes) is 1. The molecule has 1 amide bonds. The van der Waals surface area contributed by atoms with Gasteiger partial charge >= 0.3 is 0 Å². The first-order valence-electron chi connectivity index (χ1n) is 9.65. The number of carbonyl (C=O) groups is 1. The van der Waals surface area contributed by atoms with E-state index in [1.165, 1.54) is 0 Å². The number of nitrogens with zero attached hydrogens (tertiary/aromatic N) is 4. The van der Waals surface area contributed by atoms with Crippen molar-refractivity contribution in [3.8, 4) is 16.9 Å². The number of aromatic nitrogens is 3. The van der Waals surface area contributed by atoms with Gasteiger partial charge in [-0.2, -0.15) is 5.10 Å². The molecule has 0 N–H and O–H groups in total. The fourth-order valence-corrected chi connectivity index (χ4v) is 3.33. The number of amides is 1. The Morgan fingerprint density at radius 2 is 1.79 bits per heavy atom. The highest BCUT2D eigenvalue weighted by atomic mass is 16.2. The summed E-state index contributed by atoms with van der Waals surface area (Å²) in [6.45, 7) is 2.87. The number of fused-ring (bicyclic) bond motifs is 1. The molecule has 5 nitrogen and oxygen atoms in total. The van der Waals surface area contributed by atoms with E-state index in [-0.39, 0.29) is 5.91 Å². The second kappa shape index (κ2) is 7.72. The first kappa shape index (κ1) is 18.0. The zero-order valence-corrected chi connectivity index (χ0v) is 16.2. The van der Waals surface area contributed by atoms with Gasteiger partial charge in [0.25, 0.3) is 5.91 Å². The first-order valence-corrected chi connectivity index (χ1v) is 9.65. The van der Waals surface area contributed by atoms with E-state index in [9.17, 15) is 4.79 Å². The van der Waals surface area contributed by atoms with Crippen LogP contribution < -0.4 is 0 Å². The number of hydrogen-bond donors (Lipinski definition) is 0. The Morgan fingerprint density at radius 1 is 1.00 bits per heavy atom. The molecule has 0 unspecified atom stereocenters. The van der Waals surface area contributed by atoms with Crippen molar-refractivity contribution in [3.63, 3.8) is 0 Å². The average molecular weight is 372 g/mol. The summed E-state index contributed by atoms with van der Waals surface area (Å²) in [5.74, 6) is 0.862. The Bertz CT molecular complexity index is 1090. The maximum atomic E-state index is 12.6. The molecular formula is C23H24N4O. The van der Waals surface area contributed by atoms with Crippen LogP contribution in [-0.2, 0) is 0 Å². The maximum Gasteiger partial charge on any atom is 0.274 e. The molecule has 3 aromatic heterocycles. The molecule has 0 fully saturated rings. The van der Waals surface area contributed by atoms with Gasteiger partial charge < -0.3 is 9.30 Å². The van der Waals surface area contributed by atoms with Crippen LogP contribution in [0.5, 0.6) is 0 Å². The molecule has 1 aromatic carbocycles. The van der Waals surface area contributed by atoms with E-state index < -0.39 is 0 Å². The maximum absolute atomic E-state index is 12.6. The standard InChI is InChI=1S/C23H24N4O/c1-3-4-15-25(2)23(28)21-14-16-27(24-21)22-13-12-20-11-10-19(17-26(20)22)18-8-6-5-7-9-18/h5-14,16-17H,3-4,15H2,1-2H3. The molecule has 142 valence electrons. The molecule has 4 rings (SSSR count). The number of hydrogen-bond acceptors (Lipinski definition) is 2. The van der Waals surface area contributed by atoms with Gasteiger partial charge in [-0.1, -0.05) is 49.7 Å². The lowest BCUT2D eigenvalue weighted by molar-refractivity contribution is 0.0787. The van der Waals surface area contributed by atoms with Gasteiger partial charge in [-0.05, 0) is 41.8 Å². The molecule has 5 heteroatoms. The third-order valence-electron chi connectivity index (χ3n) is 4.97. The van der Waals surface area contributed by atoms with Crippen LogP contribution in [0.15, 0.2) is 73.1 Å². The Balaban J connectivity index is 1.66. The zero-order valence-electron chi connectivity index (χ0n) is 16.2. The molecular weight excluding hydrogens is 348 g/mol. The van der Waals surface area contributed by atoms with Crippen molar-refractivity contribution in [3.05, 3.63) is 78.8 Å². The number of rotatable bonds is 6. The minimum absolute atomic E-state index is 0.0435. The second-order valence-electron chi connectivity index (χ2n) is 7.00.